The first-order valence-corrected chi connectivity index (χ1v) is 9.94. The fraction of sp³-hybridized carbons (Fsp3) is 0.286. The number of aliphatic hydroxyl groups excluding tert-OH is 1. The quantitative estimate of drug-likeness (QED) is 0.506. The van der Waals surface area contributed by atoms with Gasteiger partial charge >= 0.3 is 0 Å². The van der Waals surface area contributed by atoms with Crippen molar-refractivity contribution in [3.63, 3.8) is 0 Å². The maximum atomic E-state index is 14.5. The van der Waals surface area contributed by atoms with E-state index < -0.39 is 18.0 Å². The third-order valence-electron chi connectivity index (χ3n) is 5.44. The summed E-state index contributed by atoms with van der Waals surface area (Å²) in [5.74, 6) is 0.217. The summed E-state index contributed by atoms with van der Waals surface area (Å²) in [5, 5.41) is 14.0. The number of halogens is 2. The van der Waals surface area contributed by atoms with Crippen molar-refractivity contribution in [2.45, 2.75) is 25.2 Å². The van der Waals surface area contributed by atoms with Gasteiger partial charge in [0.25, 0.3) is 0 Å². The Balaban J connectivity index is 1.58. The van der Waals surface area contributed by atoms with Crippen LogP contribution in [0.4, 0.5) is 14.6 Å². The van der Waals surface area contributed by atoms with Crippen LogP contribution >= 0.6 is 0 Å². The van der Waals surface area contributed by atoms with E-state index in [1.807, 2.05) is 0 Å². The van der Waals surface area contributed by atoms with Gasteiger partial charge in [-0.3, -0.25) is 0 Å². The molecule has 1 aliphatic rings. The summed E-state index contributed by atoms with van der Waals surface area (Å²) in [4.78, 5) is 18.4. The molecular formula is C21H19F2N7O2. The first kappa shape index (κ1) is 20.2. The predicted molar refractivity (Wildman–Crippen MR) is 110 cm³/mol. The first-order valence-electron chi connectivity index (χ1n) is 9.94. The molecule has 5 heterocycles. The minimum atomic E-state index is -1.12. The van der Waals surface area contributed by atoms with Crippen molar-refractivity contribution in [1.82, 2.24) is 29.5 Å². The van der Waals surface area contributed by atoms with Gasteiger partial charge in [-0.15, -0.1) is 5.10 Å². The van der Waals surface area contributed by atoms with Gasteiger partial charge in [-0.05, 0) is 24.3 Å². The Hall–Kier alpha value is -3.73. The average molecular weight is 439 g/mol. The van der Waals surface area contributed by atoms with Gasteiger partial charge in [0.2, 0.25) is 5.88 Å². The predicted octanol–water partition coefficient (Wildman–Crippen LogP) is 2.51. The van der Waals surface area contributed by atoms with Gasteiger partial charge in [0.15, 0.2) is 5.65 Å². The molecule has 0 amide bonds. The van der Waals surface area contributed by atoms with E-state index in [1.54, 1.807) is 33.8 Å². The number of hydrogen-bond donors (Lipinski definition) is 1. The topological polar surface area (TPSA) is 102 Å². The zero-order valence-corrected chi connectivity index (χ0v) is 17.1. The van der Waals surface area contributed by atoms with Crippen molar-refractivity contribution >= 4 is 11.5 Å². The molecule has 4 aromatic heterocycles. The Morgan fingerprint density at radius 1 is 1.16 bits per heavy atom. The van der Waals surface area contributed by atoms with E-state index in [9.17, 15) is 13.9 Å². The second-order valence-electron chi connectivity index (χ2n) is 7.41. The van der Waals surface area contributed by atoms with Crippen LogP contribution in [0.5, 0.6) is 5.88 Å². The number of aromatic nitrogens is 6. The molecular weight excluding hydrogens is 420 g/mol. The molecule has 32 heavy (non-hydrogen) atoms. The fourth-order valence-corrected chi connectivity index (χ4v) is 4.00. The molecule has 1 fully saturated rings. The van der Waals surface area contributed by atoms with E-state index in [2.05, 4.69) is 25.0 Å². The maximum absolute atomic E-state index is 14.5. The minimum Gasteiger partial charge on any atom is -0.481 e. The summed E-state index contributed by atoms with van der Waals surface area (Å²) in [6.07, 6.45) is 3.08. The van der Waals surface area contributed by atoms with Gasteiger partial charge in [-0.1, -0.05) is 0 Å². The molecule has 9 nitrogen and oxygen atoms in total. The number of hydrogen-bond acceptors (Lipinski definition) is 8. The zero-order chi connectivity index (χ0) is 22.2. The van der Waals surface area contributed by atoms with Crippen molar-refractivity contribution in [2.75, 3.05) is 18.6 Å². The van der Waals surface area contributed by atoms with Gasteiger partial charge in [-0.2, -0.15) is 0 Å². The molecule has 0 aliphatic carbocycles. The number of anilines is 1. The highest BCUT2D eigenvalue weighted by molar-refractivity contribution is 5.61. The standard InChI is InChI=1S/C21H19F2N7O2/c1-32-21-15(4-12(22)7-25-21)17-5-13(23)9-29(17)20-3-2-19-24-8-18(30(19)28-20)16-6-14(10-31)26-11-27-16/h2-4,6-8,11,13,17,31H,5,9-10H2,1H3/t13-,17+/m0/s1. The number of alkyl halides is 1. The molecule has 5 rings (SSSR count). The summed E-state index contributed by atoms with van der Waals surface area (Å²) >= 11 is 0. The van der Waals surface area contributed by atoms with Gasteiger partial charge in [0.1, 0.15) is 29.8 Å². The van der Waals surface area contributed by atoms with Crippen LogP contribution in [0.15, 0.2) is 43.0 Å². The molecule has 0 saturated carbocycles. The highest BCUT2D eigenvalue weighted by Gasteiger charge is 2.36. The summed E-state index contributed by atoms with van der Waals surface area (Å²) in [7, 11) is 1.44. The molecule has 0 aromatic carbocycles. The lowest BCUT2D eigenvalue weighted by molar-refractivity contribution is 0.276. The minimum absolute atomic E-state index is 0.0923. The third kappa shape index (κ3) is 3.50. The highest BCUT2D eigenvalue weighted by Crippen LogP contribution is 2.40. The van der Waals surface area contributed by atoms with Gasteiger partial charge < -0.3 is 14.7 Å². The Kier molecular flexibility index (Phi) is 5.10. The van der Waals surface area contributed by atoms with Crippen molar-refractivity contribution in [3.8, 4) is 17.3 Å². The molecule has 1 saturated heterocycles. The second-order valence-corrected chi connectivity index (χ2v) is 7.41. The Labute approximate surface area is 181 Å². The van der Waals surface area contributed by atoms with Crippen LogP contribution in [0.1, 0.15) is 23.7 Å². The van der Waals surface area contributed by atoms with Gasteiger partial charge in [0, 0.05) is 12.0 Å². The summed E-state index contributed by atoms with van der Waals surface area (Å²) in [6.45, 7) is -0.128. The number of aliphatic hydroxyl groups is 1. The number of pyridine rings is 1. The lowest BCUT2D eigenvalue weighted by atomic mass is 10.1. The Morgan fingerprint density at radius 2 is 2.03 bits per heavy atom. The van der Waals surface area contributed by atoms with Crippen LogP contribution < -0.4 is 9.64 Å². The second kappa shape index (κ2) is 8.08. The van der Waals surface area contributed by atoms with E-state index in [0.717, 1.165) is 6.20 Å². The van der Waals surface area contributed by atoms with Gasteiger partial charge in [-0.25, -0.2) is 33.2 Å². The number of methoxy groups -OCH3 is 1. The Morgan fingerprint density at radius 3 is 2.84 bits per heavy atom. The summed E-state index contributed by atoms with van der Waals surface area (Å²) < 4.78 is 35.4. The molecule has 1 aliphatic heterocycles. The Bertz CT molecular complexity index is 1280. The molecule has 0 radical (unpaired) electrons. The van der Waals surface area contributed by atoms with Crippen molar-refractivity contribution in [1.29, 1.82) is 0 Å². The maximum Gasteiger partial charge on any atom is 0.218 e. The average Bonchev–Trinajstić information content (AvgIpc) is 3.42. The van der Waals surface area contributed by atoms with E-state index in [-0.39, 0.29) is 25.5 Å². The zero-order valence-electron chi connectivity index (χ0n) is 17.1. The first-order chi connectivity index (χ1) is 15.6. The number of ether oxygens (including phenoxy) is 1. The molecule has 0 unspecified atom stereocenters. The third-order valence-corrected chi connectivity index (χ3v) is 5.44. The van der Waals surface area contributed by atoms with E-state index in [1.165, 1.54) is 19.5 Å². The van der Waals surface area contributed by atoms with E-state index in [0.29, 0.717) is 34.1 Å². The SMILES string of the molecule is COc1ncc(F)cc1[C@H]1C[C@H](F)CN1c1ccc2ncc(-c3cc(CO)ncn3)n2n1. The lowest BCUT2D eigenvalue weighted by Gasteiger charge is -2.26. The molecule has 0 spiro atoms. The van der Waals surface area contributed by atoms with Crippen LogP contribution in [-0.2, 0) is 6.61 Å². The van der Waals surface area contributed by atoms with Crippen molar-refractivity contribution < 1.29 is 18.6 Å². The summed E-state index contributed by atoms with van der Waals surface area (Å²) in [5.41, 5.74) is 2.64. The normalized spacial score (nSPS) is 18.4. The fourth-order valence-electron chi connectivity index (χ4n) is 4.00. The number of fused-ring (bicyclic) bond motifs is 1. The lowest BCUT2D eigenvalue weighted by Crippen LogP contribution is -2.26. The van der Waals surface area contributed by atoms with Crippen LogP contribution in [0.3, 0.4) is 0 Å². The van der Waals surface area contributed by atoms with Crippen LogP contribution in [0.2, 0.25) is 0 Å². The van der Waals surface area contributed by atoms with Crippen LogP contribution in [0.25, 0.3) is 17.0 Å². The smallest absolute Gasteiger partial charge is 0.218 e. The monoisotopic (exact) mass is 439 g/mol. The molecule has 0 bridgehead atoms. The summed E-state index contributed by atoms with van der Waals surface area (Å²) in [6, 6.07) is 5.98. The number of imidazole rings is 1. The molecule has 4 aromatic rings. The van der Waals surface area contributed by atoms with E-state index >= 15 is 0 Å². The van der Waals surface area contributed by atoms with Crippen LogP contribution in [-0.4, -0.2) is 54.5 Å². The molecule has 11 heteroatoms. The van der Waals surface area contributed by atoms with E-state index in [4.69, 9.17) is 4.74 Å². The van der Waals surface area contributed by atoms with Crippen molar-refractivity contribution in [3.05, 3.63) is 60.1 Å². The largest absolute Gasteiger partial charge is 0.481 e. The molecule has 2 atom stereocenters. The highest BCUT2D eigenvalue weighted by atomic mass is 19.1. The number of nitrogens with zero attached hydrogens (tertiary/aromatic N) is 7. The van der Waals surface area contributed by atoms with Crippen molar-refractivity contribution in [2.24, 2.45) is 0 Å². The van der Waals surface area contributed by atoms with Gasteiger partial charge in [0.05, 0.1) is 50.1 Å². The molecule has 164 valence electrons. The van der Waals surface area contributed by atoms with Crippen LogP contribution in [0, 0.1) is 5.82 Å². The molecule has 1 N–H and O–H groups in total. The number of rotatable bonds is 5.